The van der Waals surface area contributed by atoms with Crippen molar-refractivity contribution in [3.63, 3.8) is 0 Å². The van der Waals surface area contributed by atoms with Gasteiger partial charge in [0, 0.05) is 6.54 Å². The first kappa shape index (κ1) is 16.5. The molecule has 0 bridgehead atoms. The topological polar surface area (TPSA) is 105 Å². The van der Waals surface area contributed by atoms with Crippen LogP contribution in [0.2, 0.25) is 0 Å². The van der Waals surface area contributed by atoms with Gasteiger partial charge in [0.2, 0.25) is 0 Å². The van der Waals surface area contributed by atoms with E-state index >= 15 is 0 Å². The third-order valence-corrected chi connectivity index (χ3v) is 2.51. The highest BCUT2D eigenvalue weighted by Gasteiger charge is 2.17. The molecular formula is C14H18N2O5. The largest absolute Gasteiger partial charge is 0.481 e. The Hall–Kier alpha value is -2.57. The summed E-state index contributed by atoms with van der Waals surface area (Å²) in [4.78, 5) is 33.6. The molecule has 1 unspecified atom stereocenters. The molecule has 0 radical (unpaired) electrons. The molecule has 0 aliphatic heterocycles. The van der Waals surface area contributed by atoms with Crippen LogP contribution in [0, 0.1) is 0 Å². The van der Waals surface area contributed by atoms with E-state index in [2.05, 4.69) is 10.6 Å². The minimum Gasteiger partial charge on any atom is -0.481 e. The molecule has 1 aromatic rings. The van der Waals surface area contributed by atoms with Crippen LogP contribution in [-0.4, -0.2) is 35.7 Å². The van der Waals surface area contributed by atoms with E-state index in [1.165, 1.54) is 6.92 Å². The number of carbonyl (C=O) groups excluding carboxylic acids is 2. The second kappa shape index (κ2) is 7.88. The SMILES string of the molecule is CCNC(=O)NC(=O)C(C)Oc1cccc(CC(=O)O)c1. The lowest BCUT2D eigenvalue weighted by Crippen LogP contribution is -2.45. The normalized spacial score (nSPS) is 11.3. The Balaban J connectivity index is 2.61. The fraction of sp³-hybridized carbons (Fsp3) is 0.357. The van der Waals surface area contributed by atoms with Crippen molar-refractivity contribution in [1.29, 1.82) is 0 Å². The van der Waals surface area contributed by atoms with Crippen LogP contribution in [0.1, 0.15) is 19.4 Å². The number of benzene rings is 1. The number of aliphatic carboxylic acids is 1. The first-order valence-electron chi connectivity index (χ1n) is 6.48. The van der Waals surface area contributed by atoms with E-state index in [0.717, 1.165) is 0 Å². The van der Waals surface area contributed by atoms with Crippen molar-refractivity contribution >= 4 is 17.9 Å². The average molecular weight is 294 g/mol. The van der Waals surface area contributed by atoms with E-state index in [0.29, 0.717) is 17.9 Å². The second-order valence-corrected chi connectivity index (χ2v) is 4.33. The molecule has 0 aliphatic rings. The third kappa shape index (κ3) is 5.94. The van der Waals surface area contributed by atoms with Crippen molar-refractivity contribution in [2.24, 2.45) is 0 Å². The smallest absolute Gasteiger partial charge is 0.321 e. The van der Waals surface area contributed by atoms with Gasteiger partial charge < -0.3 is 15.2 Å². The van der Waals surface area contributed by atoms with Crippen LogP contribution < -0.4 is 15.4 Å². The Labute approximate surface area is 122 Å². The second-order valence-electron chi connectivity index (χ2n) is 4.33. The number of hydrogen-bond acceptors (Lipinski definition) is 4. The minimum atomic E-state index is -0.950. The van der Waals surface area contributed by atoms with E-state index < -0.39 is 24.0 Å². The Bertz CT molecular complexity index is 530. The number of imide groups is 1. The van der Waals surface area contributed by atoms with Crippen molar-refractivity contribution in [3.8, 4) is 5.75 Å². The van der Waals surface area contributed by atoms with Gasteiger partial charge in [-0.25, -0.2) is 4.79 Å². The van der Waals surface area contributed by atoms with Gasteiger partial charge in [-0.15, -0.1) is 0 Å². The Morgan fingerprint density at radius 3 is 2.67 bits per heavy atom. The van der Waals surface area contributed by atoms with Gasteiger partial charge in [0.05, 0.1) is 6.42 Å². The van der Waals surface area contributed by atoms with Crippen LogP contribution in [0.4, 0.5) is 4.79 Å². The maximum absolute atomic E-state index is 11.7. The van der Waals surface area contributed by atoms with E-state index in [1.807, 2.05) is 0 Å². The highest BCUT2D eigenvalue weighted by molar-refractivity contribution is 5.96. The van der Waals surface area contributed by atoms with Crippen LogP contribution in [0.5, 0.6) is 5.75 Å². The van der Waals surface area contributed by atoms with Crippen molar-refractivity contribution < 1.29 is 24.2 Å². The summed E-state index contributed by atoms with van der Waals surface area (Å²) >= 11 is 0. The van der Waals surface area contributed by atoms with Gasteiger partial charge in [-0.2, -0.15) is 0 Å². The summed E-state index contributed by atoms with van der Waals surface area (Å²) in [5.74, 6) is -1.16. The molecule has 0 spiro atoms. The maximum Gasteiger partial charge on any atom is 0.321 e. The van der Waals surface area contributed by atoms with E-state index in [4.69, 9.17) is 9.84 Å². The van der Waals surface area contributed by atoms with Crippen molar-refractivity contribution in [1.82, 2.24) is 10.6 Å². The summed E-state index contributed by atoms with van der Waals surface area (Å²) in [7, 11) is 0. The molecule has 0 aromatic heterocycles. The van der Waals surface area contributed by atoms with Crippen LogP contribution in [0.25, 0.3) is 0 Å². The molecule has 1 aromatic carbocycles. The molecule has 0 fully saturated rings. The number of hydrogen-bond donors (Lipinski definition) is 3. The van der Waals surface area contributed by atoms with Gasteiger partial charge >= 0.3 is 12.0 Å². The zero-order chi connectivity index (χ0) is 15.8. The first-order chi connectivity index (χ1) is 9.92. The predicted molar refractivity (Wildman–Crippen MR) is 75.1 cm³/mol. The molecular weight excluding hydrogens is 276 g/mol. The van der Waals surface area contributed by atoms with Gasteiger partial charge in [-0.3, -0.25) is 14.9 Å². The number of rotatable bonds is 6. The Morgan fingerprint density at radius 2 is 2.05 bits per heavy atom. The van der Waals surface area contributed by atoms with Gasteiger partial charge in [0.25, 0.3) is 5.91 Å². The molecule has 0 heterocycles. The fourth-order valence-electron chi connectivity index (χ4n) is 1.58. The molecule has 3 amide bonds. The van der Waals surface area contributed by atoms with Crippen LogP contribution in [0.15, 0.2) is 24.3 Å². The summed E-state index contributed by atoms with van der Waals surface area (Å²) in [6, 6.07) is 5.87. The number of carboxylic acid groups (broad SMARTS) is 1. The third-order valence-electron chi connectivity index (χ3n) is 2.51. The maximum atomic E-state index is 11.7. The van der Waals surface area contributed by atoms with Crippen molar-refractivity contribution in [2.75, 3.05) is 6.54 Å². The predicted octanol–water partition coefficient (Wildman–Crippen LogP) is 0.927. The summed E-state index contributed by atoms with van der Waals surface area (Å²) in [5.41, 5.74) is 0.566. The minimum absolute atomic E-state index is 0.128. The van der Waals surface area contributed by atoms with Gasteiger partial charge in [-0.1, -0.05) is 12.1 Å². The number of carboxylic acids is 1. The molecule has 1 rings (SSSR count). The Kier molecular flexibility index (Phi) is 6.19. The molecule has 3 N–H and O–H groups in total. The van der Waals surface area contributed by atoms with Crippen LogP contribution >= 0.6 is 0 Å². The number of urea groups is 1. The molecule has 7 heteroatoms. The quantitative estimate of drug-likeness (QED) is 0.724. The first-order valence-corrected chi connectivity index (χ1v) is 6.48. The van der Waals surface area contributed by atoms with Crippen LogP contribution in [-0.2, 0) is 16.0 Å². The average Bonchev–Trinajstić information content (AvgIpc) is 2.38. The zero-order valence-corrected chi connectivity index (χ0v) is 11.9. The number of nitrogens with one attached hydrogen (secondary N) is 2. The molecule has 0 saturated carbocycles. The van der Waals surface area contributed by atoms with E-state index in [9.17, 15) is 14.4 Å². The standard InChI is InChI=1S/C14H18N2O5/c1-3-15-14(20)16-13(19)9(2)21-11-6-4-5-10(7-11)8-12(17)18/h4-7,9H,3,8H2,1-2H3,(H,17,18)(H2,15,16,19,20). The van der Waals surface area contributed by atoms with E-state index in [1.54, 1.807) is 31.2 Å². The summed E-state index contributed by atoms with van der Waals surface area (Å²) in [6.07, 6.45) is -1.01. The highest BCUT2D eigenvalue weighted by Crippen LogP contribution is 2.15. The molecule has 0 saturated heterocycles. The lowest BCUT2D eigenvalue weighted by Gasteiger charge is -2.14. The Morgan fingerprint density at radius 1 is 1.33 bits per heavy atom. The number of amides is 3. The molecule has 0 aliphatic carbocycles. The van der Waals surface area contributed by atoms with Crippen molar-refractivity contribution in [3.05, 3.63) is 29.8 Å². The molecule has 1 atom stereocenters. The summed E-state index contributed by atoms with van der Waals surface area (Å²) in [5, 5.41) is 13.3. The van der Waals surface area contributed by atoms with Gasteiger partial charge in [0.1, 0.15) is 5.75 Å². The molecule has 7 nitrogen and oxygen atoms in total. The van der Waals surface area contributed by atoms with Crippen LogP contribution in [0.3, 0.4) is 0 Å². The number of carbonyl (C=O) groups is 3. The zero-order valence-electron chi connectivity index (χ0n) is 11.9. The monoisotopic (exact) mass is 294 g/mol. The van der Waals surface area contributed by atoms with Gasteiger partial charge in [0.15, 0.2) is 6.10 Å². The fourth-order valence-corrected chi connectivity index (χ4v) is 1.58. The van der Waals surface area contributed by atoms with Gasteiger partial charge in [-0.05, 0) is 31.5 Å². The lowest BCUT2D eigenvalue weighted by molar-refractivity contribution is -0.136. The number of ether oxygens (including phenoxy) is 1. The van der Waals surface area contributed by atoms with E-state index in [-0.39, 0.29) is 6.42 Å². The lowest BCUT2D eigenvalue weighted by atomic mass is 10.1. The summed E-state index contributed by atoms with van der Waals surface area (Å²) in [6.45, 7) is 3.64. The highest BCUT2D eigenvalue weighted by atomic mass is 16.5. The molecule has 114 valence electrons. The molecule has 21 heavy (non-hydrogen) atoms. The van der Waals surface area contributed by atoms with Crippen molar-refractivity contribution in [2.45, 2.75) is 26.4 Å². The summed E-state index contributed by atoms with van der Waals surface area (Å²) < 4.78 is 5.39.